The lowest BCUT2D eigenvalue weighted by molar-refractivity contribution is 0.347. The molecule has 6 nitrogen and oxygen atoms in total. The number of methoxy groups -OCH3 is 3. The Morgan fingerprint density at radius 2 is 1.68 bits per heavy atom. The predicted octanol–water partition coefficient (Wildman–Crippen LogP) is 1.87. The number of nitrogen functional groups attached to an aromatic ring is 1. The summed E-state index contributed by atoms with van der Waals surface area (Å²) < 4.78 is 20.8. The van der Waals surface area contributed by atoms with E-state index in [1.54, 1.807) is 27.4 Å². The molecule has 0 saturated heterocycles. The monoisotopic (exact) mass is 264 g/mol. The van der Waals surface area contributed by atoms with Gasteiger partial charge in [-0.2, -0.15) is 4.98 Å². The molecule has 2 N–H and O–H groups in total. The maximum absolute atomic E-state index is 5.45. The summed E-state index contributed by atoms with van der Waals surface area (Å²) in [4.78, 5) is 4.06. The van der Waals surface area contributed by atoms with Gasteiger partial charge in [0, 0.05) is 18.1 Å². The van der Waals surface area contributed by atoms with Crippen LogP contribution in [0.3, 0.4) is 0 Å². The van der Waals surface area contributed by atoms with Crippen molar-refractivity contribution in [3.8, 4) is 17.2 Å². The van der Waals surface area contributed by atoms with Gasteiger partial charge < -0.3 is 24.4 Å². The Bertz CT molecular complexity index is 566. The van der Waals surface area contributed by atoms with Gasteiger partial charge in [0.15, 0.2) is 11.5 Å². The van der Waals surface area contributed by atoms with Crippen LogP contribution in [-0.2, 0) is 6.42 Å². The van der Waals surface area contributed by atoms with Crippen LogP contribution >= 0.6 is 0 Å². The van der Waals surface area contributed by atoms with Crippen molar-refractivity contribution in [3.05, 3.63) is 29.7 Å². The van der Waals surface area contributed by atoms with E-state index in [1.165, 1.54) is 6.26 Å². The predicted molar refractivity (Wildman–Crippen MR) is 69.8 cm³/mol. The molecule has 1 aromatic heterocycles. The Morgan fingerprint density at radius 1 is 1.05 bits per heavy atom. The van der Waals surface area contributed by atoms with Crippen LogP contribution in [-0.4, -0.2) is 26.3 Å². The second-order valence-corrected chi connectivity index (χ2v) is 3.87. The second kappa shape index (κ2) is 5.51. The number of nitrogens with zero attached hydrogens (tertiary/aromatic N) is 1. The Kier molecular flexibility index (Phi) is 3.79. The molecular formula is C13H16N2O4. The average molecular weight is 264 g/mol. The largest absolute Gasteiger partial charge is 0.496 e. The van der Waals surface area contributed by atoms with Crippen LogP contribution in [0.5, 0.6) is 17.2 Å². The van der Waals surface area contributed by atoms with Gasteiger partial charge >= 0.3 is 0 Å². The van der Waals surface area contributed by atoms with E-state index in [4.69, 9.17) is 24.4 Å². The molecule has 0 unspecified atom stereocenters. The molecule has 0 radical (unpaired) electrons. The molecule has 0 bridgehead atoms. The Labute approximate surface area is 111 Å². The van der Waals surface area contributed by atoms with Crippen LogP contribution in [0.15, 0.2) is 22.8 Å². The van der Waals surface area contributed by atoms with Crippen molar-refractivity contribution < 1.29 is 18.6 Å². The number of benzene rings is 1. The van der Waals surface area contributed by atoms with Crippen molar-refractivity contribution in [2.45, 2.75) is 6.42 Å². The zero-order valence-corrected chi connectivity index (χ0v) is 11.1. The first-order chi connectivity index (χ1) is 9.17. The fraction of sp³-hybridized carbons (Fsp3) is 0.308. The highest BCUT2D eigenvalue weighted by Gasteiger charge is 2.13. The second-order valence-electron chi connectivity index (χ2n) is 3.87. The average Bonchev–Trinajstić information content (AvgIpc) is 2.83. The molecule has 0 spiro atoms. The third kappa shape index (κ3) is 2.73. The lowest BCUT2D eigenvalue weighted by Gasteiger charge is -2.13. The summed E-state index contributed by atoms with van der Waals surface area (Å²) in [7, 11) is 4.76. The Balaban J connectivity index is 2.37. The van der Waals surface area contributed by atoms with E-state index in [1.807, 2.05) is 6.07 Å². The Morgan fingerprint density at radius 3 is 2.21 bits per heavy atom. The molecule has 2 rings (SSSR count). The first-order valence-electron chi connectivity index (χ1n) is 5.66. The van der Waals surface area contributed by atoms with Gasteiger partial charge in [-0.3, -0.25) is 0 Å². The third-order valence-electron chi connectivity index (χ3n) is 2.73. The smallest absolute Gasteiger partial charge is 0.292 e. The van der Waals surface area contributed by atoms with Gasteiger partial charge in [0.2, 0.25) is 0 Å². The van der Waals surface area contributed by atoms with Crippen LogP contribution in [0, 0.1) is 0 Å². The summed E-state index contributed by atoms with van der Waals surface area (Å²) in [5, 5.41) is 0. The minimum absolute atomic E-state index is 0.148. The summed E-state index contributed by atoms with van der Waals surface area (Å²) in [6, 6.07) is 3.77. The molecule has 1 aromatic carbocycles. The zero-order valence-electron chi connectivity index (χ0n) is 11.1. The molecule has 19 heavy (non-hydrogen) atoms. The standard InChI is InChI=1S/C13H16N2O4/c1-16-10-6-12(18-3)11(17-2)5-8(10)4-9-7-19-13(14)15-9/h5-7H,4H2,1-3H3,(H2,14,15). The number of rotatable bonds is 5. The maximum atomic E-state index is 5.45. The van der Waals surface area contributed by atoms with Crippen molar-refractivity contribution in [2.75, 3.05) is 27.1 Å². The molecule has 0 fully saturated rings. The van der Waals surface area contributed by atoms with Gasteiger partial charge in [-0.05, 0) is 6.07 Å². The molecule has 102 valence electrons. The molecule has 0 aliphatic rings. The van der Waals surface area contributed by atoms with Gasteiger partial charge in [-0.15, -0.1) is 0 Å². The minimum atomic E-state index is 0.148. The van der Waals surface area contributed by atoms with E-state index in [9.17, 15) is 0 Å². The van der Waals surface area contributed by atoms with Crippen LogP contribution < -0.4 is 19.9 Å². The Hall–Kier alpha value is -2.37. The van der Waals surface area contributed by atoms with Crippen molar-refractivity contribution in [2.24, 2.45) is 0 Å². The number of oxazole rings is 1. The van der Waals surface area contributed by atoms with Gasteiger partial charge in [0.25, 0.3) is 6.01 Å². The first-order valence-corrected chi connectivity index (χ1v) is 5.66. The normalized spacial score (nSPS) is 10.3. The van der Waals surface area contributed by atoms with Gasteiger partial charge in [-0.25, -0.2) is 0 Å². The molecule has 0 atom stereocenters. The van der Waals surface area contributed by atoms with Crippen molar-refractivity contribution in [1.29, 1.82) is 0 Å². The number of anilines is 1. The summed E-state index contributed by atoms with van der Waals surface area (Å²) in [5.74, 6) is 1.94. The molecule has 1 heterocycles. The van der Waals surface area contributed by atoms with Crippen LogP contribution in [0.2, 0.25) is 0 Å². The van der Waals surface area contributed by atoms with Crippen LogP contribution in [0.25, 0.3) is 0 Å². The number of hydrogen-bond donors (Lipinski definition) is 1. The van der Waals surface area contributed by atoms with E-state index >= 15 is 0 Å². The van der Waals surface area contributed by atoms with Gasteiger partial charge in [0.1, 0.15) is 12.0 Å². The number of ether oxygens (including phenoxy) is 3. The zero-order chi connectivity index (χ0) is 13.8. The maximum Gasteiger partial charge on any atom is 0.292 e. The number of aromatic nitrogens is 1. The molecule has 0 aliphatic carbocycles. The summed E-state index contributed by atoms with van der Waals surface area (Å²) in [6.07, 6.45) is 2.05. The van der Waals surface area contributed by atoms with Crippen molar-refractivity contribution >= 4 is 6.01 Å². The van der Waals surface area contributed by atoms with E-state index < -0.39 is 0 Å². The summed E-state index contributed by atoms with van der Waals surface area (Å²) in [6.45, 7) is 0. The van der Waals surface area contributed by atoms with Gasteiger partial charge in [-0.1, -0.05) is 0 Å². The molecule has 2 aromatic rings. The molecule has 0 aliphatic heterocycles. The third-order valence-corrected chi connectivity index (χ3v) is 2.73. The molecular weight excluding hydrogens is 248 g/mol. The fourth-order valence-corrected chi connectivity index (χ4v) is 1.83. The highest BCUT2D eigenvalue weighted by Crippen LogP contribution is 2.35. The minimum Gasteiger partial charge on any atom is -0.496 e. The van der Waals surface area contributed by atoms with E-state index in [0.717, 1.165) is 11.3 Å². The molecule has 6 heteroatoms. The van der Waals surface area contributed by atoms with E-state index in [2.05, 4.69) is 4.98 Å². The highest BCUT2D eigenvalue weighted by atomic mass is 16.5. The summed E-state index contributed by atoms with van der Waals surface area (Å²) >= 11 is 0. The molecule has 0 amide bonds. The van der Waals surface area contributed by atoms with E-state index in [0.29, 0.717) is 23.7 Å². The van der Waals surface area contributed by atoms with E-state index in [-0.39, 0.29) is 6.01 Å². The lowest BCUT2D eigenvalue weighted by atomic mass is 10.1. The topological polar surface area (TPSA) is 79.7 Å². The number of nitrogens with two attached hydrogens (primary N) is 1. The van der Waals surface area contributed by atoms with Gasteiger partial charge in [0.05, 0.1) is 27.0 Å². The van der Waals surface area contributed by atoms with Crippen LogP contribution in [0.1, 0.15) is 11.3 Å². The summed E-state index contributed by atoms with van der Waals surface area (Å²) in [5.41, 5.74) is 7.09. The highest BCUT2D eigenvalue weighted by molar-refractivity contribution is 5.51. The lowest BCUT2D eigenvalue weighted by Crippen LogP contribution is -1.98. The molecule has 0 saturated carbocycles. The fourth-order valence-electron chi connectivity index (χ4n) is 1.83. The first kappa shape index (κ1) is 13.1. The van der Waals surface area contributed by atoms with Crippen molar-refractivity contribution in [3.63, 3.8) is 0 Å². The quantitative estimate of drug-likeness (QED) is 0.888. The number of hydrogen-bond acceptors (Lipinski definition) is 6. The van der Waals surface area contributed by atoms with Crippen molar-refractivity contribution in [1.82, 2.24) is 4.98 Å². The SMILES string of the molecule is COc1cc(OC)c(OC)cc1Cc1coc(N)n1. The van der Waals surface area contributed by atoms with Crippen LogP contribution in [0.4, 0.5) is 6.01 Å².